The molecule has 3 heterocycles. The molecule has 53 heavy (non-hydrogen) atoms. The van der Waals surface area contributed by atoms with Crippen molar-refractivity contribution in [3.63, 3.8) is 0 Å². The predicted octanol–water partition coefficient (Wildman–Crippen LogP) is 6.61. The fourth-order valence-electron chi connectivity index (χ4n) is 7.01. The molecule has 1 aliphatic rings. The molecule has 0 saturated carbocycles. The highest BCUT2D eigenvalue weighted by molar-refractivity contribution is 5.94. The number of benzene rings is 3. The average Bonchev–Trinajstić information content (AvgIpc) is 3.56. The number of unbranched alkanes of at least 4 members (excludes halogenated alkanes) is 2. The molecule has 1 atom stereocenters. The van der Waals surface area contributed by atoms with Crippen LogP contribution in [-0.4, -0.2) is 55.8 Å². The summed E-state index contributed by atoms with van der Waals surface area (Å²) in [6.45, 7) is 6.66. The van der Waals surface area contributed by atoms with Crippen molar-refractivity contribution in [3.05, 3.63) is 116 Å². The first-order chi connectivity index (χ1) is 25.4. The van der Waals surface area contributed by atoms with Crippen molar-refractivity contribution in [2.45, 2.75) is 65.0 Å². The first kappa shape index (κ1) is 37.1. The Balaban J connectivity index is 1.06. The molecule has 0 aliphatic carbocycles. The predicted molar refractivity (Wildman–Crippen MR) is 200 cm³/mol. The molecule has 0 amide bonds. The Labute approximate surface area is 303 Å². The molecule has 14 heteroatoms. The Kier molecular flexibility index (Phi) is 11.2. The van der Waals surface area contributed by atoms with Crippen molar-refractivity contribution in [1.29, 1.82) is 0 Å². The van der Waals surface area contributed by atoms with E-state index in [1.54, 1.807) is 0 Å². The van der Waals surface area contributed by atoms with Crippen molar-refractivity contribution in [2.75, 3.05) is 36.0 Å². The summed E-state index contributed by atoms with van der Waals surface area (Å²) >= 11 is 0. The van der Waals surface area contributed by atoms with Gasteiger partial charge in [-0.1, -0.05) is 19.4 Å². The van der Waals surface area contributed by atoms with E-state index in [1.165, 1.54) is 27.8 Å². The number of aromatic nitrogens is 3. The van der Waals surface area contributed by atoms with E-state index >= 15 is 4.39 Å². The molecule has 11 nitrogen and oxygen atoms in total. The van der Waals surface area contributed by atoms with Gasteiger partial charge >= 0.3 is 5.97 Å². The molecule has 3 aromatic carbocycles. The van der Waals surface area contributed by atoms with Crippen LogP contribution in [0.2, 0.25) is 0 Å². The molecule has 1 saturated heterocycles. The maximum Gasteiger partial charge on any atom is 0.341 e. The number of carboxylic acids is 1. The van der Waals surface area contributed by atoms with Crippen molar-refractivity contribution in [1.82, 2.24) is 19.0 Å². The number of rotatable bonds is 14. The fraction of sp³-hybridized carbons (Fsp3) is 0.333. The van der Waals surface area contributed by atoms with E-state index in [2.05, 4.69) is 34.4 Å². The number of nitrogens with one attached hydrogen (secondary N) is 2. The van der Waals surface area contributed by atoms with E-state index in [4.69, 9.17) is 5.73 Å². The summed E-state index contributed by atoms with van der Waals surface area (Å²) in [6, 6.07) is 12.6. The minimum absolute atomic E-state index is 0.0607. The third-order valence-electron chi connectivity index (χ3n) is 9.89. The van der Waals surface area contributed by atoms with Crippen LogP contribution in [0.25, 0.3) is 16.6 Å². The number of halogens is 3. The van der Waals surface area contributed by atoms with E-state index in [0.717, 1.165) is 86.3 Å². The number of aryl methyl sites for hydroxylation is 2. The third-order valence-corrected chi connectivity index (χ3v) is 9.89. The maximum atomic E-state index is 15.4. The molecule has 0 radical (unpaired) electrons. The number of hydrogen-bond acceptors (Lipinski definition) is 8. The molecule has 5 aromatic rings. The first-order valence-electron chi connectivity index (χ1n) is 17.7. The Morgan fingerprint density at radius 3 is 2.53 bits per heavy atom. The highest BCUT2D eigenvalue weighted by atomic mass is 19.1. The molecule has 1 fully saturated rings. The third kappa shape index (κ3) is 8.22. The van der Waals surface area contributed by atoms with E-state index in [-0.39, 0.29) is 39.8 Å². The van der Waals surface area contributed by atoms with Crippen LogP contribution in [0.5, 0.6) is 0 Å². The largest absolute Gasteiger partial charge is 0.477 e. The number of carboxylic acid groups (broad SMARTS) is 1. The first-order valence-corrected chi connectivity index (χ1v) is 17.7. The van der Waals surface area contributed by atoms with Crippen LogP contribution in [0.3, 0.4) is 0 Å². The highest BCUT2D eigenvalue weighted by Crippen LogP contribution is 2.27. The molecule has 2 aromatic heterocycles. The topological polar surface area (TPSA) is 148 Å². The molecule has 278 valence electrons. The summed E-state index contributed by atoms with van der Waals surface area (Å²) < 4.78 is 46.5. The molecule has 6 rings (SSSR count). The summed E-state index contributed by atoms with van der Waals surface area (Å²) in [7, 11) is 0. The number of nitrogens with zero attached hydrogens (tertiary/aromatic N) is 4. The van der Waals surface area contributed by atoms with Crippen LogP contribution in [0, 0.1) is 24.4 Å². The second-order valence-corrected chi connectivity index (χ2v) is 13.4. The molecule has 0 bridgehead atoms. The number of likely N-dealkylation sites (tertiary alicyclic amines) is 1. The lowest BCUT2D eigenvalue weighted by Gasteiger charge is -2.25. The Morgan fingerprint density at radius 2 is 1.79 bits per heavy atom. The molecule has 1 aliphatic heterocycles. The lowest BCUT2D eigenvalue weighted by molar-refractivity contribution is 0.0695. The van der Waals surface area contributed by atoms with Crippen LogP contribution < -0.4 is 27.4 Å². The van der Waals surface area contributed by atoms with Gasteiger partial charge in [0.15, 0.2) is 0 Å². The number of aromatic carboxylic acids is 1. The number of nitrogen functional groups attached to an aromatic ring is 1. The van der Waals surface area contributed by atoms with E-state index in [9.17, 15) is 28.3 Å². The monoisotopic (exact) mass is 729 g/mol. The lowest BCUT2D eigenvalue weighted by Crippen LogP contribution is -2.35. The number of fused-ring (bicyclic) bond motifs is 1. The van der Waals surface area contributed by atoms with Crippen LogP contribution in [0.4, 0.5) is 36.3 Å². The number of carbonyl (C=O) groups is 1. The van der Waals surface area contributed by atoms with E-state index in [0.29, 0.717) is 25.0 Å². The number of anilines is 4. The molecule has 1 unspecified atom stereocenters. The Bertz CT molecular complexity index is 2290. The van der Waals surface area contributed by atoms with Crippen LogP contribution >= 0.6 is 0 Å². The van der Waals surface area contributed by atoms with Gasteiger partial charge in [0, 0.05) is 48.5 Å². The lowest BCUT2D eigenvalue weighted by atomic mass is 10.1. The zero-order valence-corrected chi connectivity index (χ0v) is 29.6. The minimum atomic E-state index is -1.56. The molecule has 5 N–H and O–H groups in total. The van der Waals surface area contributed by atoms with E-state index in [1.807, 2.05) is 18.2 Å². The zero-order valence-electron chi connectivity index (χ0n) is 29.6. The zero-order chi connectivity index (χ0) is 37.8. The van der Waals surface area contributed by atoms with Gasteiger partial charge in [0.1, 0.15) is 28.8 Å². The van der Waals surface area contributed by atoms with Gasteiger partial charge in [-0.05, 0) is 99.6 Å². The standard InChI is InChI=1S/C39H42F3N7O4/c1-3-24-16-26(11-9-23(24)2)45-35-20-36(50)48(39(43)46-35)15-6-4-5-13-47-14-7-8-27(47)21-44-32-19-34-28(18-30(32)41)37(51)29(38(52)53)22-49(34)33-12-10-25(40)17-31(33)42/h9-12,16-20,22,27,44-45H,3-8,13-15,21H2,1-2H3,(H2,43,46)(H,52,53). The van der Waals surface area contributed by atoms with Crippen molar-refractivity contribution < 1.29 is 23.1 Å². The fourth-order valence-corrected chi connectivity index (χ4v) is 7.01. The van der Waals surface area contributed by atoms with Crippen LogP contribution in [-0.2, 0) is 13.0 Å². The van der Waals surface area contributed by atoms with Crippen LogP contribution in [0.15, 0.2) is 70.4 Å². The van der Waals surface area contributed by atoms with E-state index < -0.39 is 34.4 Å². The number of pyridine rings is 1. The maximum absolute atomic E-state index is 15.4. The van der Waals surface area contributed by atoms with Gasteiger partial charge in [0.25, 0.3) is 5.56 Å². The van der Waals surface area contributed by atoms with Gasteiger partial charge < -0.3 is 26.0 Å². The van der Waals surface area contributed by atoms with Gasteiger partial charge in [-0.15, -0.1) is 0 Å². The Morgan fingerprint density at radius 1 is 1.00 bits per heavy atom. The smallest absolute Gasteiger partial charge is 0.341 e. The average molecular weight is 730 g/mol. The number of nitrogens with two attached hydrogens (primary N) is 1. The summed E-state index contributed by atoms with van der Waals surface area (Å²) in [6.07, 6.45) is 6.16. The SMILES string of the molecule is CCc1cc(Nc2cc(=O)n(CCCCCN3CCCC3CNc3cc4c(cc3F)c(=O)c(C(=O)O)cn4-c3ccc(F)cc3F)c(N)n2)ccc1C. The highest BCUT2D eigenvalue weighted by Gasteiger charge is 2.25. The Hall–Kier alpha value is -5.63. The summed E-state index contributed by atoms with van der Waals surface area (Å²) in [5, 5.41) is 15.7. The minimum Gasteiger partial charge on any atom is -0.477 e. The van der Waals surface area contributed by atoms with Gasteiger partial charge in [0.2, 0.25) is 11.4 Å². The second kappa shape index (κ2) is 15.9. The van der Waals surface area contributed by atoms with Crippen LogP contribution in [0.1, 0.15) is 60.5 Å². The summed E-state index contributed by atoms with van der Waals surface area (Å²) in [4.78, 5) is 44.4. The normalized spacial score (nSPS) is 14.5. The summed E-state index contributed by atoms with van der Waals surface area (Å²) in [5.74, 6) is -3.58. The van der Waals surface area contributed by atoms with Gasteiger partial charge in [-0.2, -0.15) is 4.98 Å². The molecular formula is C39H42F3N7O4. The van der Waals surface area contributed by atoms with Gasteiger partial charge in [-0.3, -0.25) is 19.1 Å². The van der Waals surface area contributed by atoms with Crippen molar-refractivity contribution in [2.24, 2.45) is 0 Å². The summed E-state index contributed by atoms with van der Waals surface area (Å²) in [5.41, 5.74) is 7.55. The molecule has 0 spiro atoms. The number of hydrogen-bond donors (Lipinski definition) is 4. The van der Waals surface area contributed by atoms with Crippen molar-refractivity contribution >= 4 is 40.0 Å². The molecular weight excluding hydrogens is 687 g/mol. The second-order valence-electron chi connectivity index (χ2n) is 13.4. The van der Waals surface area contributed by atoms with Crippen molar-refractivity contribution in [3.8, 4) is 5.69 Å². The van der Waals surface area contributed by atoms with Gasteiger partial charge in [-0.25, -0.2) is 18.0 Å². The van der Waals surface area contributed by atoms with Gasteiger partial charge in [0.05, 0.1) is 16.9 Å². The quantitative estimate of drug-likeness (QED) is 0.0928.